The van der Waals surface area contributed by atoms with Gasteiger partial charge in [0.05, 0.1) is 0 Å². The standard InChI is InChI=1S/C57H96O6/c1-4-7-10-13-16-19-22-24-26-27-28-29-31-32-35-38-41-44-47-50-56(59)62-53-54(52-61-55(58)49-46-43-40-37-34-21-18-15-12-9-6-3)63-57(60)51-48-45-42-39-36-33-30-25-23-20-17-14-11-8-5-2/h9,12,16-25,37,40,54H,4-8,10-11,13-15,26-36,38-39,41-53H2,1-3H3/b12-9-,19-16-,20-17-,21-18-,24-22-,25-23-,40-37-. The molecule has 360 valence electrons. The first-order valence-corrected chi connectivity index (χ1v) is 26.1. The Balaban J connectivity index is 4.40. The second kappa shape index (κ2) is 51.2. The van der Waals surface area contributed by atoms with Gasteiger partial charge in [-0.25, -0.2) is 0 Å². The normalized spacial score (nSPS) is 12.7. The molecule has 1 unspecified atom stereocenters. The Morgan fingerprint density at radius 3 is 1.11 bits per heavy atom. The van der Waals surface area contributed by atoms with Crippen molar-refractivity contribution in [3.8, 4) is 0 Å². The number of ether oxygens (including phenoxy) is 3. The Labute approximate surface area is 388 Å². The SMILES string of the molecule is CC/C=C\C/C=C\C/C=C\CCCC(=O)OCC(COC(=O)CCCCCCCCCCCC/C=C\C=C/CCCCC)OC(=O)CCCCCCCC/C=C\C=C/CCCCC. The van der Waals surface area contributed by atoms with Crippen LogP contribution in [0.2, 0.25) is 0 Å². The highest BCUT2D eigenvalue weighted by Crippen LogP contribution is 2.14. The minimum Gasteiger partial charge on any atom is -0.462 e. The van der Waals surface area contributed by atoms with Gasteiger partial charge < -0.3 is 14.2 Å². The van der Waals surface area contributed by atoms with Crippen molar-refractivity contribution in [3.63, 3.8) is 0 Å². The van der Waals surface area contributed by atoms with Gasteiger partial charge in [-0.1, -0.05) is 209 Å². The summed E-state index contributed by atoms with van der Waals surface area (Å²) >= 11 is 0. The van der Waals surface area contributed by atoms with Crippen molar-refractivity contribution in [1.82, 2.24) is 0 Å². The molecule has 0 radical (unpaired) electrons. The molecule has 0 aromatic rings. The number of allylic oxidation sites excluding steroid dienone is 14. The second-order valence-electron chi connectivity index (χ2n) is 17.1. The van der Waals surface area contributed by atoms with Gasteiger partial charge in [-0.3, -0.25) is 14.4 Å². The molecule has 0 heterocycles. The Kier molecular flexibility index (Phi) is 48.5. The summed E-state index contributed by atoms with van der Waals surface area (Å²) in [6.07, 6.45) is 65.7. The van der Waals surface area contributed by atoms with Crippen molar-refractivity contribution in [2.24, 2.45) is 0 Å². The Morgan fingerprint density at radius 2 is 0.683 bits per heavy atom. The molecule has 0 aliphatic rings. The molecule has 6 heteroatoms. The van der Waals surface area contributed by atoms with Gasteiger partial charge in [0.15, 0.2) is 6.10 Å². The van der Waals surface area contributed by atoms with Crippen molar-refractivity contribution in [2.75, 3.05) is 13.2 Å². The number of esters is 3. The summed E-state index contributed by atoms with van der Waals surface area (Å²) in [5, 5.41) is 0. The molecule has 0 aliphatic heterocycles. The first kappa shape index (κ1) is 59.6. The van der Waals surface area contributed by atoms with Crippen LogP contribution in [0.4, 0.5) is 0 Å². The average molecular weight is 877 g/mol. The van der Waals surface area contributed by atoms with Crippen molar-refractivity contribution in [1.29, 1.82) is 0 Å². The molecular weight excluding hydrogens is 781 g/mol. The molecule has 0 saturated heterocycles. The zero-order valence-corrected chi connectivity index (χ0v) is 41.1. The second-order valence-corrected chi connectivity index (χ2v) is 17.1. The lowest BCUT2D eigenvalue weighted by atomic mass is 10.1. The smallest absolute Gasteiger partial charge is 0.306 e. The number of hydrogen-bond donors (Lipinski definition) is 0. The van der Waals surface area contributed by atoms with E-state index in [0.717, 1.165) is 77.0 Å². The topological polar surface area (TPSA) is 78.9 Å². The summed E-state index contributed by atoms with van der Waals surface area (Å²) in [7, 11) is 0. The van der Waals surface area contributed by atoms with Crippen LogP contribution in [0.25, 0.3) is 0 Å². The van der Waals surface area contributed by atoms with Crippen LogP contribution in [-0.2, 0) is 28.6 Å². The predicted molar refractivity (Wildman–Crippen MR) is 270 cm³/mol. The quantitative estimate of drug-likeness (QED) is 0.0199. The average Bonchev–Trinajstić information content (AvgIpc) is 3.28. The summed E-state index contributed by atoms with van der Waals surface area (Å²) in [5.41, 5.74) is 0. The molecule has 0 aromatic carbocycles. The summed E-state index contributed by atoms with van der Waals surface area (Å²) < 4.78 is 16.7. The lowest BCUT2D eigenvalue weighted by Crippen LogP contribution is -2.30. The molecule has 0 rings (SSSR count). The molecule has 6 nitrogen and oxygen atoms in total. The Hall–Kier alpha value is -3.41. The first-order chi connectivity index (χ1) is 31.0. The monoisotopic (exact) mass is 877 g/mol. The van der Waals surface area contributed by atoms with Crippen LogP contribution in [-0.4, -0.2) is 37.2 Å². The van der Waals surface area contributed by atoms with Crippen LogP contribution in [0.3, 0.4) is 0 Å². The van der Waals surface area contributed by atoms with Crippen molar-refractivity contribution in [3.05, 3.63) is 85.1 Å². The third-order valence-corrected chi connectivity index (χ3v) is 10.9. The van der Waals surface area contributed by atoms with Crippen LogP contribution in [0.1, 0.15) is 239 Å². The van der Waals surface area contributed by atoms with E-state index in [9.17, 15) is 14.4 Å². The minimum absolute atomic E-state index is 0.0993. The van der Waals surface area contributed by atoms with Gasteiger partial charge in [-0.05, 0) is 96.3 Å². The van der Waals surface area contributed by atoms with E-state index in [4.69, 9.17) is 14.2 Å². The van der Waals surface area contributed by atoms with E-state index in [1.165, 1.54) is 116 Å². The highest BCUT2D eigenvalue weighted by molar-refractivity contribution is 5.71. The number of carbonyl (C=O) groups is 3. The third-order valence-electron chi connectivity index (χ3n) is 10.9. The van der Waals surface area contributed by atoms with Gasteiger partial charge in [-0.2, -0.15) is 0 Å². The maximum atomic E-state index is 12.8. The van der Waals surface area contributed by atoms with Crippen LogP contribution >= 0.6 is 0 Å². The summed E-state index contributed by atoms with van der Waals surface area (Å²) in [5.74, 6) is -0.972. The van der Waals surface area contributed by atoms with E-state index < -0.39 is 6.10 Å². The van der Waals surface area contributed by atoms with Crippen LogP contribution < -0.4 is 0 Å². The summed E-state index contributed by atoms with van der Waals surface area (Å²) in [6, 6.07) is 0. The van der Waals surface area contributed by atoms with Crippen LogP contribution in [0, 0.1) is 0 Å². The molecule has 0 aliphatic carbocycles. The van der Waals surface area contributed by atoms with E-state index in [1.807, 2.05) is 0 Å². The van der Waals surface area contributed by atoms with Crippen molar-refractivity contribution >= 4 is 17.9 Å². The first-order valence-electron chi connectivity index (χ1n) is 26.1. The molecule has 63 heavy (non-hydrogen) atoms. The van der Waals surface area contributed by atoms with Gasteiger partial charge in [0.1, 0.15) is 13.2 Å². The number of unbranched alkanes of at least 4 members (excludes halogenated alkanes) is 23. The highest BCUT2D eigenvalue weighted by atomic mass is 16.6. The molecule has 0 aromatic heterocycles. The summed E-state index contributed by atoms with van der Waals surface area (Å²) in [4.78, 5) is 37.9. The lowest BCUT2D eigenvalue weighted by Gasteiger charge is -2.18. The van der Waals surface area contributed by atoms with Gasteiger partial charge in [0.25, 0.3) is 0 Å². The summed E-state index contributed by atoms with van der Waals surface area (Å²) in [6.45, 7) is 6.40. The zero-order valence-electron chi connectivity index (χ0n) is 41.1. The zero-order chi connectivity index (χ0) is 45.8. The van der Waals surface area contributed by atoms with Crippen LogP contribution in [0.5, 0.6) is 0 Å². The van der Waals surface area contributed by atoms with E-state index >= 15 is 0 Å². The molecular formula is C57H96O6. The molecule has 1 atom stereocenters. The predicted octanol–water partition coefficient (Wildman–Crippen LogP) is 17.2. The maximum absolute atomic E-state index is 12.8. The number of hydrogen-bond acceptors (Lipinski definition) is 6. The fraction of sp³-hybridized carbons (Fsp3) is 0.702. The van der Waals surface area contributed by atoms with E-state index in [0.29, 0.717) is 19.3 Å². The number of rotatable bonds is 46. The number of carbonyl (C=O) groups excluding carboxylic acids is 3. The molecule has 0 fully saturated rings. The molecule has 0 spiro atoms. The molecule has 0 N–H and O–H groups in total. The molecule has 0 amide bonds. The van der Waals surface area contributed by atoms with Gasteiger partial charge in [0.2, 0.25) is 0 Å². The largest absolute Gasteiger partial charge is 0.462 e. The van der Waals surface area contributed by atoms with Gasteiger partial charge >= 0.3 is 17.9 Å². The van der Waals surface area contributed by atoms with Crippen molar-refractivity contribution in [2.45, 2.75) is 245 Å². The van der Waals surface area contributed by atoms with E-state index in [-0.39, 0.29) is 37.5 Å². The van der Waals surface area contributed by atoms with Crippen LogP contribution in [0.15, 0.2) is 85.1 Å². The minimum atomic E-state index is -0.804. The maximum Gasteiger partial charge on any atom is 0.306 e. The van der Waals surface area contributed by atoms with Crippen molar-refractivity contribution < 1.29 is 28.6 Å². The van der Waals surface area contributed by atoms with E-state index in [1.54, 1.807) is 0 Å². The van der Waals surface area contributed by atoms with E-state index in [2.05, 4.69) is 106 Å². The molecule has 0 bridgehead atoms. The van der Waals surface area contributed by atoms with Gasteiger partial charge in [-0.15, -0.1) is 0 Å². The molecule has 0 saturated carbocycles. The van der Waals surface area contributed by atoms with Gasteiger partial charge in [0, 0.05) is 19.3 Å². The third kappa shape index (κ3) is 49.5. The fourth-order valence-electron chi connectivity index (χ4n) is 6.98. The fourth-order valence-corrected chi connectivity index (χ4v) is 6.98. The highest BCUT2D eigenvalue weighted by Gasteiger charge is 2.19. The lowest BCUT2D eigenvalue weighted by molar-refractivity contribution is -0.167. The Morgan fingerprint density at radius 1 is 0.349 bits per heavy atom. The Bertz CT molecular complexity index is 1240.